The smallest absolute Gasteiger partial charge is 0.299 e. The summed E-state index contributed by atoms with van der Waals surface area (Å²) in [5, 5.41) is 47.0. The molecular weight excluding hydrogens is 444 g/mol. The maximum Gasteiger partial charge on any atom is 0.299 e. The van der Waals surface area contributed by atoms with Gasteiger partial charge in [0.05, 0.1) is 14.8 Å². The molecule has 31 heavy (non-hydrogen) atoms. The van der Waals surface area contributed by atoms with Gasteiger partial charge in [-0.2, -0.15) is 0 Å². The molecule has 0 unspecified atom stereocenters. The molecule has 0 fully saturated rings. The van der Waals surface area contributed by atoms with Crippen molar-refractivity contribution in [2.24, 2.45) is 11.7 Å². The van der Waals surface area contributed by atoms with E-state index in [1.165, 1.54) is 25.1 Å². The normalized spacial score (nSPS) is 9.45. The molecule has 0 bridgehead atoms. The summed E-state index contributed by atoms with van der Waals surface area (Å²) in [5.74, 6) is 8.00. The average Bonchev–Trinajstić information content (AvgIpc) is 3.05. The van der Waals surface area contributed by atoms with Crippen LogP contribution in [0.1, 0.15) is 11.1 Å². The Labute approximate surface area is 177 Å². The highest BCUT2D eigenvalue weighted by atomic mass is 35.5. The fraction of sp³-hybridized carbons (Fsp3) is 0.143. The summed E-state index contributed by atoms with van der Waals surface area (Å²) in [6, 6.07) is 5.34. The zero-order chi connectivity index (χ0) is 23.2. The van der Waals surface area contributed by atoms with Crippen LogP contribution in [-0.2, 0) is 0 Å². The minimum atomic E-state index is -0.748. The average molecular weight is 461 g/mol. The summed E-state index contributed by atoms with van der Waals surface area (Å²) >= 11 is 5.49. The van der Waals surface area contributed by atoms with Gasteiger partial charge in [-0.3, -0.25) is 42.0 Å². The van der Waals surface area contributed by atoms with Crippen LogP contribution in [0.4, 0.5) is 17.1 Å². The van der Waals surface area contributed by atoms with E-state index in [0.29, 0.717) is 16.0 Å². The number of nitrogens with two attached hydrogens (primary N) is 2. The minimum absolute atomic E-state index is 0. The summed E-state index contributed by atoms with van der Waals surface area (Å²) < 4.78 is 0. The second-order valence-corrected chi connectivity index (χ2v) is 5.90. The van der Waals surface area contributed by atoms with Crippen LogP contribution in [0.25, 0.3) is 11.0 Å². The Kier molecular flexibility index (Phi) is 9.81. The first-order valence-electron chi connectivity index (χ1n) is 7.65. The van der Waals surface area contributed by atoms with Gasteiger partial charge in [-0.1, -0.05) is 16.4 Å². The summed E-state index contributed by atoms with van der Waals surface area (Å²) in [6.45, 7) is 3.22. The number of non-ortho nitro benzene ring substituents is 1. The third-order valence-electron chi connectivity index (χ3n) is 3.43. The zero-order valence-electron chi connectivity index (χ0n) is 15.9. The monoisotopic (exact) mass is 460 g/mol. The number of hydrazine groups is 1. The van der Waals surface area contributed by atoms with Crippen molar-refractivity contribution in [3.63, 3.8) is 0 Å². The fourth-order valence-electron chi connectivity index (χ4n) is 2.27. The molecule has 0 aliphatic heterocycles. The lowest BCUT2D eigenvalue weighted by Gasteiger charge is -1.98. The molecule has 0 radical (unpaired) electrons. The Bertz CT molecular complexity index is 1080. The molecule has 3 rings (SSSR count). The molecule has 3 aromatic rings. The number of aryl methyl sites for hydroxylation is 2. The van der Waals surface area contributed by atoms with Gasteiger partial charge in [-0.05, 0) is 36.3 Å². The van der Waals surface area contributed by atoms with Crippen molar-refractivity contribution in [3.8, 4) is 0 Å². The number of nitro benzene ring substituents is 3. The third-order valence-corrected chi connectivity index (χ3v) is 3.81. The van der Waals surface area contributed by atoms with E-state index >= 15 is 0 Å². The highest BCUT2D eigenvalue weighted by molar-refractivity contribution is 6.34. The molecule has 16 nitrogen and oxygen atoms in total. The summed E-state index contributed by atoms with van der Waals surface area (Å²) in [5.41, 5.74) is 0.367. The van der Waals surface area contributed by atoms with Crippen molar-refractivity contribution in [3.05, 3.63) is 70.8 Å². The van der Waals surface area contributed by atoms with Crippen LogP contribution >= 0.6 is 11.6 Å². The van der Waals surface area contributed by atoms with Gasteiger partial charge >= 0.3 is 0 Å². The number of rotatable bonds is 3. The molecule has 17 heteroatoms. The fourth-order valence-corrected chi connectivity index (χ4v) is 2.51. The maximum absolute atomic E-state index is 10.6. The number of nitro groups is 3. The van der Waals surface area contributed by atoms with Gasteiger partial charge in [0.25, 0.3) is 17.1 Å². The predicted octanol–water partition coefficient (Wildman–Crippen LogP) is 1.34. The Morgan fingerprint density at radius 1 is 0.903 bits per heavy atom. The number of fused-ring (bicyclic) bond motifs is 1. The van der Waals surface area contributed by atoms with Crippen LogP contribution in [0, 0.1) is 44.2 Å². The first-order chi connectivity index (χ1) is 14.0. The molecule has 0 atom stereocenters. The molecule has 1 aromatic heterocycles. The first-order valence-corrected chi connectivity index (χ1v) is 8.02. The first kappa shape index (κ1) is 27.0. The second-order valence-electron chi connectivity index (χ2n) is 5.52. The Morgan fingerprint density at radius 2 is 1.29 bits per heavy atom. The van der Waals surface area contributed by atoms with Crippen molar-refractivity contribution in [1.29, 1.82) is 0 Å². The van der Waals surface area contributed by atoms with Crippen LogP contribution in [0.2, 0.25) is 5.02 Å². The second kappa shape index (κ2) is 11.3. The van der Waals surface area contributed by atoms with Crippen LogP contribution < -0.4 is 11.7 Å². The van der Waals surface area contributed by atoms with Crippen molar-refractivity contribution in [1.82, 2.24) is 15.2 Å². The Morgan fingerprint density at radius 3 is 1.71 bits per heavy atom. The van der Waals surface area contributed by atoms with E-state index in [2.05, 4.69) is 22.0 Å². The van der Waals surface area contributed by atoms with Crippen molar-refractivity contribution < 1.29 is 25.5 Å². The van der Waals surface area contributed by atoms with Crippen LogP contribution in [0.3, 0.4) is 0 Å². The number of hydrogen-bond donors (Lipinski definition) is 3. The van der Waals surface area contributed by atoms with Crippen LogP contribution in [0.15, 0.2) is 24.3 Å². The Hall–Kier alpha value is -3.99. The minimum Gasteiger partial charge on any atom is -0.412 e. The van der Waals surface area contributed by atoms with Gasteiger partial charge in [0, 0.05) is 18.2 Å². The van der Waals surface area contributed by atoms with E-state index in [1.54, 1.807) is 13.0 Å². The lowest BCUT2D eigenvalue weighted by Crippen LogP contribution is -2.02. The van der Waals surface area contributed by atoms with Gasteiger partial charge in [-0.25, -0.2) is 0 Å². The van der Waals surface area contributed by atoms with Gasteiger partial charge in [0.1, 0.15) is 5.52 Å². The predicted molar refractivity (Wildman–Crippen MR) is 108 cm³/mol. The highest BCUT2D eigenvalue weighted by Crippen LogP contribution is 2.34. The van der Waals surface area contributed by atoms with E-state index in [4.69, 9.17) is 16.8 Å². The number of aromatic nitrogens is 3. The van der Waals surface area contributed by atoms with E-state index < -0.39 is 31.2 Å². The third kappa shape index (κ3) is 6.24. The van der Waals surface area contributed by atoms with Crippen molar-refractivity contribution in [2.45, 2.75) is 13.8 Å². The number of hydrogen-bond acceptors (Lipinski definition) is 11. The SMILES string of the molecule is Cc1cc([N+](=O)[O-])c(Cl)c([N+](=O)[O-])c1.Cc1cc([N+](=O)[O-])c2nnn(O)c2c1.NN.O. The van der Waals surface area contributed by atoms with Crippen molar-refractivity contribution in [2.75, 3.05) is 0 Å². The summed E-state index contributed by atoms with van der Waals surface area (Å²) in [7, 11) is 0. The molecule has 1 heterocycles. The lowest BCUT2D eigenvalue weighted by molar-refractivity contribution is -0.394. The summed E-state index contributed by atoms with van der Waals surface area (Å²) in [6.07, 6.45) is 0. The van der Waals surface area contributed by atoms with Gasteiger partial charge < -0.3 is 10.7 Å². The number of nitrogens with zero attached hydrogens (tertiary/aromatic N) is 6. The number of benzene rings is 2. The van der Waals surface area contributed by atoms with E-state index in [1.807, 2.05) is 0 Å². The van der Waals surface area contributed by atoms with E-state index in [0.717, 1.165) is 0 Å². The van der Waals surface area contributed by atoms with Gasteiger partial charge in [-0.15, -0.1) is 5.10 Å². The maximum atomic E-state index is 10.6. The number of halogens is 1. The molecule has 0 spiro atoms. The molecule has 0 amide bonds. The van der Waals surface area contributed by atoms with Crippen molar-refractivity contribution >= 4 is 39.7 Å². The van der Waals surface area contributed by atoms with Crippen LogP contribution in [-0.4, -0.2) is 40.6 Å². The molecule has 0 saturated heterocycles. The van der Waals surface area contributed by atoms with Crippen LogP contribution in [0.5, 0.6) is 0 Å². The van der Waals surface area contributed by atoms with Gasteiger partial charge in [0.2, 0.25) is 0 Å². The molecule has 2 aromatic carbocycles. The van der Waals surface area contributed by atoms with Gasteiger partial charge in [0.15, 0.2) is 10.5 Å². The molecule has 0 saturated carbocycles. The molecular formula is C14H17ClN8O8. The van der Waals surface area contributed by atoms with E-state index in [9.17, 15) is 30.3 Å². The largest absolute Gasteiger partial charge is 0.412 e. The van der Waals surface area contributed by atoms with E-state index in [-0.39, 0.29) is 22.2 Å². The zero-order valence-corrected chi connectivity index (χ0v) is 16.7. The Balaban J connectivity index is 0.000000522. The highest BCUT2D eigenvalue weighted by Gasteiger charge is 2.24. The topological polar surface area (TPSA) is 264 Å². The lowest BCUT2D eigenvalue weighted by atomic mass is 10.2. The quantitative estimate of drug-likeness (QED) is 0.217. The molecule has 0 aliphatic carbocycles. The molecule has 168 valence electrons. The molecule has 0 aliphatic rings. The standard InChI is InChI=1S/C7H5ClN2O4.C7H6N4O3.H4N2.H2O/c1-4-2-5(9(11)12)7(8)6(3-4)10(13)14;1-4-2-5-7(8-9-10(5)12)6(3-4)11(13)14;1-2;/h2-3H,1H3;2-3,12H,1H3;1-2H2;1H2. The molecule has 7 N–H and O–H groups in total. The summed E-state index contributed by atoms with van der Waals surface area (Å²) in [4.78, 5) is 30.0.